The first-order chi connectivity index (χ1) is 10.3. The molecule has 1 unspecified atom stereocenters. The monoisotopic (exact) mass is 280 g/mol. The zero-order chi connectivity index (χ0) is 14.7. The van der Waals surface area contributed by atoms with Crippen molar-refractivity contribution in [1.29, 1.82) is 0 Å². The van der Waals surface area contributed by atoms with Gasteiger partial charge in [0, 0.05) is 11.7 Å². The number of nitrogens with zero attached hydrogens (tertiary/aromatic N) is 4. The molecule has 3 rings (SSSR count). The summed E-state index contributed by atoms with van der Waals surface area (Å²) >= 11 is 0. The van der Waals surface area contributed by atoms with Gasteiger partial charge in [0.05, 0.1) is 5.69 Å². The summed E-state index contributed by atoms with van der Waals surface area (Å²) in [5.41, 5.74) is 8.80. The minimum atomic E-state index is -0.0743. The van der Waals surface area contributed by atoms with E-state index >= 15 is 0 Å². The van der Waals surface area contributed by atoms with E-state index < -0.39 is 0 Å². The number of rotatable bonds is 4. The summed E-state index contributed by atoms with van der Waals surface area (Å²) in [6, 6.07) is 17.5. The lowest BCUT2D eigenvalue weighted by atomic mass is 10.1. The number of nitrogens with one attached hydrogen (secondary N) is 1. The van der Waals surface area contributed by atoms with Gasteiger partial charge in [0.15, 0.2) is 0 Å². The van der Waals surface area contributed by atoms with Gasteiger partial charge in [0.1, 0.15) is 0 Å². The Hall–Kier alpha value is -2.73. The molecule has 0 bridgehead atoms. The van der Waals surface area contributed by atoms with Crippen molar-refractivity contribution in [3.05, 3.63) is 60.2 Å². The maximum Gasteiger partial charge on any atom is 0.252 e. The Morgan fingerprint density at radius 3 is 2.52 bits per heavy atom. The molecule has 2 aromatic carbocycles. The lowest BCUT2D eigenvalue weighted by molar-refractivity contribution is 0.790. The van der Waals surface area contributed by atoms with E-state index in [1.54, 1.807) is 4.68 Å². The lowest BCUT2D eigenvalue weighted by Crippen LogP contribution is -2.10. The molecule has 0 saturated carbocycles. The highest BCUT2D eigenvalue weighted by molar-refractivity contribution is 5.60. The van der Waals surface area contributed by atoms with Gasteiger partial charge in [-0.2, -0.15) is 4.68 Å². The molecule has 0 saturated heterocycles. The average molecular weight is 280 g/mol. The fourth-order valence-electron chi connectivity index (χ4n) is 2.14. The molecule has 0 aliphatic carbocycles. The molecule has 106 valence electrons. The van der Waals surface area contributed by atoms with Gasteiger partial charge in [-0.05, 0) is 41.1 Å². The van der Waals surface area contributed by atoms with Crippen molar-refractivity contribution in [2.24, 2.45) is 5.73 Å². The number of anilines is 2. The second-order valence-electron chi connectivity index (χ2n) is 4.75. The summed E-state index contributed by atoms with van der Waals surface area (Å²) in [7, 11) is 0. The summed E-state index contributed by atoms with van der Waals surface area (Å²) in [4.78, 5) is 0. The molecule has 0 fully saturated rings. The number of hydrogen-bond acceptors (Lipinski definition) is 5. The fourth-order valence-corrected chi connectivity index (χ4v) is 2.14. The molecular weight excluding hydrogens is 264 g/mol. The van der Waals surface area contributed by atoms with Crippen LogP contribution in [0.25, 0.3) is 5.69 Å². The third kappa shape index (κ3) is 2.75. The fraction of sp³-hybridized carbons (Fsp3) is 0.133. The Kier molecular flexibility index (Phi) is 3.61. The predicted molar refractivity (Wildman–Crippen MR) is 81.5 cm³/mol. The van der Waals surface area contributed by atoms with Crippen LogP contribution in [0.5, 0.6) is 0 Å². The van der Waals surface area contributed by atoms with E-state index in [1.807, 2.05) is 61.5 Å². The quantitative estimate of drug-likeness (QED) is 0.767. The smallest absolute Gasteiger partial charge is 0.252 e. The van der Waals surface area contributed by atoms with Crippen LogP contribution in [0, 0.1) is 0 Å². The van der Waals surface area contributed by atoms with E-state index in [0.717, 1.165) is 16.9 Å². The van der Waals surface area contributed by atoms with Crippen LogP contribution in [-0.2, 0) is 0 Å². The normalized spacial score (nSPS) is 12.1. The maximum atomic E-state index is 5.99. The maximum absolute atomic E-state index is 5.99. The van der Waals surface area contributed by atoms with Crippen LogP contribution >= 0.6 is 0 Å². The van der Waals surface area contributed by atoms with Gasteiger partial charge >= 0.3 is 0 Å². The van der Waals surface area contributed by atoms with Crippen molar-refractivity contribution in [1.82, 2.24) is 20.2 Å². The predicted octanol–water partition coefficient (Wildman–Crippen LogP) is 2.43. The third-order valence-corrected chi connectivity index (χ3v) is 3.17. The highest BCUT2D eigenvalue weighted by Crippen LogP contribution is 2.24. The molecule has 0 amide bonds. The number of nitrogens with two attached hydrogens (primary N) is 1. The minimum Gasteiger partial charge on any atom is -0.324 e. The molecule has 3 N–H and O–H groups in total. The summed E-state index contributed by atoms with van der Waals surface area (Å²) in [5, 5.41) is 15.0. The Balaban J connectivity index is 1.96. The standard InChI is InChI=1S/C15H16N6/c1-11(16)13-9-5-6-10-14(13)17-15-18-19-20-21(15)12-7-3-2-4-8-12/h2-11H,16H2,1H3,(H,17,18,20). The number of benzene rings is 2. The molecule has 0 spiro atoms. The van der Waals surface area contributed by atoms with Gasteiger partial charge in [-0.1, -0.05) is 41.5 Å². The number of hydrogen-bond donors (Lipinski definition) is 2. The van der Waals surface area contributed by atoms with Crippen molar-refractivity contribution in [3.63, 3.8) is 0 Å². The van der Waals surface area contributed by atoms with Gasteiger partial charge in [0.2, 0.25) is 0 Å². The largest absolute Gasteiger partial charge is 0.324 e. The van der Waals surface area contributed by atoms with Crippen LogP contribution in [0.1, 0.15) is 18.5 Å². The van der Waals surface area contributed by atoms with Gasteiger partial charge in [-0.3, -0.25) is 0 Å². The van der Waals surface area contributed by atoms with E-state index in [9.17, 15) is 0 Å². The van der Waals surface area contributed by atoms with E-state index in [2.05, 4.69) is 20.8 Å². The lowest BCUT2D eigenvalue weighted by Gasteiger charge is -2.13. The van der Waals surface area contributed by atoms with E-state index in [4.69, 9.17) is 5.73 Å². The van der Waals surface area contributed by atoms with Crippen molar-refractivity contribution >= 4 is 11.6 Å². The van der Waals surface area contributed by atoms with Gasteiger partial charge in [0.25, 0.3) is 5.95 Å². The molecule has 1 aromatic heterocycles. The van der Waals surface area contributed by atoms with Crippen molar-refractivity contribution in [2.75, 3.05) is 5.32 Å². The Bertz CT molecular complexity index is 720. The second kappa shape index (κ2) is 5.72. The van der Waals surface area contributed by atoms with Crippen LogP contribution in [0.15, 0.2) is 54.6 Å². The summed E-state index contributed by atoms with van der Waals surface area (Å²) in [6.45, 7) is 1.95. The van der Waals surface area contributed by atoms with Gasteiger partial charge in [-0.25, -0.2) is 0 Å². The first-order valence-corrected chi connectivity index (χ1v) is 6.71. The zero-order valence-corrected chi connectivity index (χ0v) is 11.6. The molecule has 0 aliphatic rings. The summed E-state index contributed by atoms with van der Waals surface area (Å²) in [6.07, 6.45) is 0. The minimum absolute atomic E-state index is 0.0743. The van der Waals surface area contributed by atoms with E-state index in [0.29, 0.717) is 5.95 Å². The third-order valence-electron chi connectivity index (χ3n) is 3.17. The van der Waals surface area contributed by atoms with Crippen molar-refractivity contribution in [3.8, 4) is 5.69 Å². The zero-order valence-electron chi connectivity index (χ0n) is 11.6. The SMILES string of the molecule is CC(N)c1ccccc1Nc1nnnn1-c1ccccc1. The molecule has 3 aromatic rings. The van der Waals surface area contributed by atoms with Gasteiger partial charge < -0.3 is 11.1 Å². The van der Waals surface area contributed by atoms with Crippen molar-refractivity contribution < 1.29 is 0 Å². The van der Waals surface area contributed by atoms with Crippen LogP contribution in [-0.4, -0.2) is 20.2 Å². The molecular formula is C15H16N6. The molecule has 0 aliphatic heterocycles. The molecule has 1 heterocycles. The number of aromatic nitrogens is 4. The first-order valence-electron chi connectivity index (χ1n) is 6.71. The number of para-hydroxylation sites is 2. The summed E-state index contributed by atoms with van der Waals surface area (Å²) in [5.74, 6) is 0.550. The molecule has 21 heavy (non-hydrogen) atoms. The molecule has 0 radical (unpaired) electrons. The van der Waals surface area contributed by atoms with Crippen LogP contribution < -0.4 is 11.1 Å². The van der Waals surface area contributed by atoms with Crippen LogP contribution in [0.4, 0.5) is 11.6 Å². The van der Waals surface area contributed by atoms with Crippen molar-refractivity contribution in [2.45, 2.75) is 13.0 Å². The number of tetrazole rings is 1. The van der Waals surface area contributed by atoms with Crippen LogP contribution in [0.2, 0.25) is 0 Å². The molecule has 6 nitrogen and oxygen atoms in total. The Labute approximate surface area is 122 Å². The topological polar surface area (TPSA) is 81.7 Å². The molecule has 1 atom stereocenters. The molecule has 6 heteroatoms. The average Bonchev–Trinajstić information content (AvgIpc) is 2.96. The van der Waals surface area contributed by atoms with Gasteiger partial charge in [-0.15, -0.1) is 0 Å². The van der Waals surface area contributed by atoms with Crippen LogP contribution in [0.3, 0.4) is 0 Å². The summed E-state index contributed by atoms with van der Waals surface area (Å²) < 4.78 is 1.65. The highest BCUT2D eigenvalue weighted by atomic mass is 15.6. The second-order valence-corrected chi connectivity index (χ2v) is 4.75. The van der Waals surface area contributed by atoms with E-state index in [-0.39, 0.29) is 6.04 Å². The Morgan fingerprint density at radius 1 is 1.05 bits per heavy atom. The Morgan fingerprint density at radius 2 is 1.76 bits per heavy atom. The highest BCUT2D eigenvalue weighted by Gasteiger charge is 2.11. The van der Waals surface area contributed by atoms with E-state index in [1.165, 1.54) is 0 Å². The first kappa shape index (κ1) is 13.3.